The molecule has 0 saturated carbocycles. The lowest BCUT2D eigenvalue weighted by molar-refractivity contribution is -0.124. The Morgan fingerprint density at radius 1 is 1.05 bits per heavy atom. The molecule has 0 fully saturated rings. The van der Waals surface area contributed by atoms with Crippen LogP contribution in [-0.2, 0) is 9.59 Å². The molecule has 1 rings (SSSR count). The lowest BCUT2D eigenvalue weighted by Crippen LogP contribution is -2.43. The zero-order valence-corrected chi connectivity index (χ0v) is 13.9. The van der Waals surface area contributed by atoms with Gasteiger partial charge in [-0.2, -0.15) is 0 Å². The Morgan fingerprint density at radius 2 is 1.64 bits per heavy atom. The molecule has 122 valence electrons. The van der Waals surface area contributed by atoms with Crippen molar-refractivity contribution in [3.05, 3.63) is 35.9 Å². The molecular formula is C17H27N3O2. The van der Waals surface area contributed by atoms with Gasteiger partial charge in [0.25, 0.3) is 0 Å². The smallest absolute Gasteiger partial charge is 0.234 e. The number of rotatable bonds is 8. The van der Waals surface area contributed by atoms with Gasteiger partial charge in [-0.05, 0) is 32.4 Å². The first-order chi connectivity index (χ1) is 10.4. The summed E-state index contributed by atoms with van der Waals surface area (Å²) in [6.45, 7) is 6.93. The second-order valence-electron chi connectivity index (χ2n) is 6.01. The molecule has 22 heavy (non-hydrogen) atoms. The topological polar surface area (TPSA) is 61.4 Å². The van der Waals surface area contributed by atoms with Gasteiger partial charge in [-0.1, -0.05) is 37.3 Å². The molecule has 0 radical (unpaired) electrons. The lowest BCUT2D eigenvalue weighted by atomic mass is 10.0. The van der Waals surface area contributed by atoms with Crippen LogP contribution in [0.15, 0.2) is 30.3 Å². The Bertz CT molecular complexity index is 474. The molecule has 1 atom stereocenters. The summed E-state index contributed by atoms with van der Waals surface area (Å²) in [5.41, 5.74) is 1.20. The van der Waals surface area contributed by atoms with Crippen LogP contribution in [0.4, 0.5) is 0 Å². The van der Waals surface area contributed by atoms with Gasteiger partial charge < -0.3 is 10.6 Å². The van der Waals surface area contributed by atoms with Crippen molar-refractivity contribution in [1.29, 1.82) is 0 Å². The van der Waals surface area contributed by atoms with Gasteiger partial charge >= 0.3 is 0 Å². The Balaban J connectivity index is 2.29. The summed E-state index contributed by atoms with van der Waals surface area (Å²) in [5.74, 6) is 0.130. The number of amides is 2. The molecule has 1 aromatic rings. The molecule has 0 spiro atoms. The zero-order chi connectivity index (χ0) is 16.5. The largest absolute Gasteiger partial charge is 0.354 e. The quantitative estimate of drug-likeness (QED) is 0.762. The third-order valence-electron chi connectivity index (χ3n) is 3.25. The average Bonchev–Trinajstić information content (AvgIpc) is 2.44. The third kappa shape index (κ3) is 7.22. The second-order valence-corrected chi connectivity index (χ2v) is 6.01. The highest BCUT2D eigenvalue weighted by Crippen LogP contribution is 2.12. The molecule has 0 aliphatic heterocycles. The Hall–Kier alpha value is -1.88. The molecule has 0 heterocycles. The van der Waals surface area contributed by atoms with Crippen LogP contribution in [0.25, 0.3) is 0 Å². The monoisotopic (exact) mass is 305 g/mol. The van der Waals surface area contributed by atoms with E-state index in [0.717, 1.165) is 0 Å². The van der Waals surface area contributed by atoms with Gasteiger partial charge in [-0.15, -0.1) is 0 Å². The van der Waals surface area contributed by atoms with Gasteiger partial charge in [-0.25, -0.2) is 0 Å². The lowest BCUT2D eigenvalue weighted by Gasteiger charge is -2.18. The Kier molecular flexibility index (Phi) is 7.60. The normalized spacial score (nSPS) is 12.3. The van der Waals surface area contributed by atoms with E-state index in [4.69, 9.17) is 0 Å². The van der Waals surface area contributed by atoms with Gasteiger partial charge in [0.15, 0.2) is 0 Å². The highest BCUT2D eigenvalue weighted by Gasteiger charge is 2.12. The molecule has 1 aromatic carbocycles. The van der Waals surface area contributed by atoms with Crippen LogP contribution in [0.5, 0.6) is 0 Å². The summed E-state index contributed by atoms with van der Waals surface area (Å²) in [5, 5.41) is 5.72. The van der Waals surface area contributed by atoms with Crippen LogP contribution in [0.3, 0.4) is 0 Å². The van der Waals surface area contributed by atoms with Crippen LogP contribution in [0, 0.1) is 0 Å². The highest BCUT2D eigenvalue weighted by atomic mass is 16.2. The zero-order valence-electron chi connectivity index (χ0n) is 13.9. The number of hydrogen-bond acceptors (Lipinski definition) is 3. The molecule has 0 aliphatic carbocycles. The third-order valence-corrected chi connectivity index (χ3v) is 3.25. The molecule has 5 nitrogen and oxygen atoms in total. The maximum absolute atomic E-state index is 11.9. The predicted molar refractivity (Wildman–Crippen MR) is 88.6 cm³/mol. The molecule has 0 saturated heterocycles. The minimum absolute atomic E-state index is 0.0667. The maximum Gasteiger partial charge on any atom is 0.234 e. The summed E-state index contributed by atoms with van der Waals surface area (Å²) in [6.07, 6.45) is 0. The van der Waals surface area contributed by atoms with Crippen molar-refractivity contribution in [3.8, 4) is 0 Å². The van der Waals surface area contributed by atoms with E-state index in [2.05, 4.69) is 29.7 Å². The van der Waals surface area contributed by atoms with Crippen LogP contribution < -0.4 is 10.6 Å². The average molecular weight is 305 g/mol. The summed E-state index contributed by atoms with van der Waals surface area (Å²) >= 11 is 0. The number of carbonyl (C=O) groups is 2. The van der Waals surface area contributed by atoms with Crippen molar-refractivity contribution in [2.45, 2.75) is 32.7 Å². The predicted octanol–water partition coefficient (Wildman–Crippen LogP) is 1.36. The number of hydrogen-bond donors (Lipinski definition) is 2. The number of nitrogens with zero attached hydrogens (tertiary/aromatic N) is 1. The second kappa shape index (κ2) is 9.20. The van der Waals surface area contributed by atoms with Gasteiger partial charge in [0.1, 0.15) is 0 Å². The van der Waals surface area contributed by atoms with Crippen molar-refractivity contribution in [2.24, 2.45) is 0 Å². The molecule has 0 unspecified atom stereocenters. The van der Waals surface area contributed by atoms with Crippen LogP contribution in [-0.4, -0.2) is 49.4 Å². The maximum atomic E-state index is 11.9. The molecular weight excluding hydrogens is 278 g/mol. The molecule has 0 aliphatic rings. The fraction of sp³-hybridized carbons (Fsp3) is 0.529. The molecule has 2 N–H and O–H groups in total. The molecule has 0 bridgehead atoms. The Morgan fingerprint density at radius 3 is 2.23 bits per heavy atom. The minimum Gasteiger partial charge on any atom is -0.354 e. The fourth-order valence-corrected chi connectivity index (χ4v) is 2.14. The van der Waals surface area contributed by atoms with Crippen molar-refractivity contribution in [2.75, 3.05) is 26.7 Å². The molecule has 2 amide bonds. The van der Waals surface area contributed by atoms with Gasteiger partial charge in [-0.3, -0.25) is 14.5 Å². The molecule has 0 aromatic heterocycles. The summed E-state index contributed by atoms with van der Waals surface area (Å²) in [7, 11) is 1.76. The van der Waals surface area contributed by atoms with E-state index >= 15 is 0 Å². The van der Waals surface area contributed by atoms with E-state index in [1.54, 1.807) is 11.9 Å². The van der Waals surface area contributed by atoms with E-state index in [9.17, 15) is 9.59 Å². The number of likely N-dealkylation sites (N-methyl/N-ethyl adjacent to an activating group) is 1. The van der Waals surface area contributed by atoms with E-state index in [1.807, 2.05) is 32.0 Å². The van der Waals surface area contributed by atoms with Crippen LogP contribution >= 0.6 is 0 Å². The SMILES string of the molecule is CC(C)NC(=O)CN(C)CC(=O)NC[C@H](C)c1ccccc1. The van der Waals surface area contributed by atoms with Crippen molar-refractivity contribution >= 4 is 11.8 Å². The van der Waals surface area contributed by atoms with Crippen molar-refractivity contribution < 1.29 is 9.59 Å². The number of nitrogens with one attached hydrogen (secondary N) is 2. The van der Waals surface area contributed by atoms with Gasteiger partial charge in [0, 0.05) is 12.6 Å². The summed E-state index contributed by atoms with van der Waals surface area (Å²) in [4.78, 5) is 25.2. The first-order valence-corrected chi connectivity index (χ1v) is 7.68. The number of benzene rings is 1. The van der Waals surface area contributed by atoms with E-state index in [1.165, 1.54) is 5.56 Å². The first-order valence-electron chi connectivity index (χ1n) is 7.68. The number of carbonyl (C=O) groups excluding carboxylic acids is 2. The fourth-order valence-electron chi connectivity index (χ4n) is 2.14. The summed E-state index contributed by atoms with van der Waals surface area (Å²) in [6, 6.07) is 10.2. The first kappa shape index (κ1) is 18.2. The van der Waals surface area contributed by atoms with Gasteiger partial charge in [0.2, 0.25) is 11.8 Å². The van der Waals surface area contributed by atoms with Gasteiger partial charge in [0.05, 0.1) is 13.1 Å². The van der Waals surface area contributed by atoms with Crippen LogP contribution in [0.1, 0.15) is 32.3 Å². The van der Waals surface area contributed by atoms with E-state index < -0.39 is 0 Å². The van der Waals surface area contributed by atoms with Crippen LogP contribution in [0.2, 0.25) is 0 Å². The van der Waals surface area contributed by atoms with E-state index in [0.29, 0.717) is 6.54 Å². The van der Waals surface area contributed by atoms with Crippen molar-refractivity contribution in [1.82, 2.24) is 15.5 Å². The summed E-state index contributed by atoms with van der Waals surface area (Å²) < 4.78 is 0. The molecule has 5 heteroatoms. The highest BCUT2D eigenvalue weighted by molar-refractivity contribution is 5.81. The standard InChI is InChI=1S/C17H27N3O2/c1-13(2)19-17(22)12-20(4)11-16(21)18-10-14(3)15-8-6-5-7-9-15/h5-9,13-14H,10-12H2,1-4H3,(H,18,21)(H,19,22)/t14-/m0/s1. The Labute approximate surface area is 133 Å². The van der Waals surface area contributed by atoms with E-state index in [-0.39, 0.29) is 36.9 Å². The minimum atomic E-state index is -0.0670. The van der Waals surface area contributed by atoms with Crippen molar-refractivity contribution in [3.63, 3.8) is 0 Å².